The van der Waals surface area contributed by atoms with Crippen LogP contribution in [0.3, 0.4) is 0 Å². The van der Waals surface area contributed by atoms with Crippen LogP contribution >= 0.6 is 0 Å². The highest BCUT2D eigenvalue weighted by molar-refractivity contribution is 6.04. The third-order valence-electron chi connectivity index (χ3n) is 4.91. The van der Waals surface area contributed by atoms with Gasteiger partial charge < -0.3 is 0 Å². The van der Waals surface area contributed by atoms with Crippen LogP contribution < -0.4 is 0 Å². The summed E-state index contributed by atoms with van der Waals surface area (Å²) >= 11 is 0. The second kappa shape index (κ2) is 6.51. The molecule has 2 nitrogen and oxygen atoms in total. The Morgan fingerprint density at radius 3 is 2.38 bits per heavy atom. The summed E-state index contributed by atoms with van der Waals surface area (Å²) in [5, 5.41) is 0. The van der Waals surface area contributed by atoms with Gasteiger partial charge in [0.05, 0.1) is 11.4 Å². The van der Waals surface area contributed by atoms with Crippen molar-refractivity contribution in [2.24, 2.45) is 10.4 Å². The van der Waals surface area contributed by atoms with Crippen LogP contribution in [0.1, 0.15) is 62.1 Å². The van der Waals surface area contributed by atoms with Crippen LogP contribution in [0.25, 0.3) is 0 Å². The summed E-state index contributed by atoms with van der Waals surface area (Å²) in [7, 11) is 0. The van der Waals surface area contributed by atoms with Gasteiger partial charge in [-0.1, -0.05) is 45.4 Å². The molecule has 0 atom stereocenters. The summed E-state index contributed by atoms with van der Waals surface area (Å²) in [6.45, 7) is 11.3. The molecule has 2 aromatic rings. The molecule has 1 aliphatic carbocycles. The summed E-state index contributed by atoms with van der Waals surface area (Å²) in [6.07, 6.45) is 5.97. The smallest absolute Gasteiger partial charge is 0.0697 e. The number of aryl methyl sites for hydroxylation is 3. The van der Waals surface area contributed by atoms with E-state index in [0.29, 0.717) is 0 Å². The lowest BCUT2D eigenvalue weighted by atomic mass is 9.75. The molecule has 126 valence electrons. The van der Waals surface area contributed by atoms with Gasteiger partial charge in [0.2, 0.25) is 0 Å². The van der Waals surface area contributed by atoms with Gasteiger partial charge in [-0.05, 0) is 61.3 Å². The zero-order valence-electron chi connectivity index (χ0n) is 15.6. The number of nitrogens with zero attached hydrogens (tertiary/aromatic N) is 2. The standard InChI is InChI=1S/C22H28N2/c1-6-16-11-15(3)12-17(7-2)21(16)24-20-14-22(4,5)13-19-18(20)9-8-10-23-19/h8-12H,6-7,13-14H2,1-5H3. The highest BCUT2D eigenvalue weighted by atomic mass is 14.8. The minimum atomic E-state index is 0.212. The van der Waals surface area contributed by atoms with Crippen molar-refractivity contribution in [1.29, 1.82) is 0 Å². The van der Waals surface area contributed by atoms with Crippen molar-refractivity contribution in [3.05, 3.63) is 58.4 Å². The largest absolute Gasteiger partial charge is 0.261 e. The van der Waals surface area contributed by atoms with Gasteiger partial charge in [-0.25, -0.2) is 0 Å². The first-order chi connectivity index (χ1) is 11.4. The third kappa shape index (κ3) is 3.28. The van der Waals surface area contributed by atoms with Crippen LogP contribution in [0.5, 0.6) is 0 Å². The van der Waals surface area contributed by atoms with E-state index in [2.05, 4.69) is 57.8 Å². The fourth-order valence-electron chi connectivity index (χ4n) is 3.76. The average molecular weight is 320 g/mol. The van der Waals surface area contributed by atoms with Gasteiger partial charge in [-0.2, -0.15) is 0 Å². The molecule has 1 heterocycles. The lowest BCUT2D eigenvalue weighted by Crippen LogP contribution is -2.28. The molecular weight excluding hydrogens is 292 g/mol. The Morgan fingerprint density at radius 1 is 1.08 bits per heavy atom. The molecular formula is C22H28N2. The predicted molar refractivity (Wildman–Crippen MR) is 102 cm³/mol. The minimum Gasteiger partial charge on any atom is -0.261 e. The molecule has 0 N–H and O–H groups in total. The number of pyridine rings is 1. The average Bonchev–Trinajstić information content (AvgIpc) is 2.54. The SMILES string of the molecule is CCc1cc(C)cc(CC)c1N=C1CC(C)(C)Cc2ncccc21. The fourth-order valence-corrected chi connectivity index (χ4v) is 3.76. The molecule has 0 spiro atoms. The van der Waals surface area contributed by atoms with Gasteiger partial charge in [-0.3, -0.25) is 9.98 Å². The van der Waals surface area contributed by atoms with Crippen molar-refractivity contribution in [2.75, 3.05) is 0 Å². The topological polar surface area (TPSA) is 25.2 Å². The molecule has 0 amide bonds. The van der Waals surface area contributed by atoms with Crippen LogP contribution in [0.2, 0.25) is 0 Å². The van der Waals surface area contributed by atoms with E-state index in [1.807, 2.05) is 12.3 Å². The maximum absolute atomic E-state index is 5.21. The second-order valence-corrected chi connectivity index (χ2v) is 7.71. The number of benzene rings is 1. The van der Waals surface area contributed by atoms with Gasteiger partial charge in [0.25, 0.3) is 0 Å². The molecule has 1 aliphatic rings. The van der Waals surface area contributed by atoms with Crippen molar-refractivity contribution in [3.8, 4) is 0 Å². The van der Waals surface area contributed by atoms with Crippen LogP contribution in [0.15, 0.2) is 35.5 Å². The highest BCUT2D eigenvalue weighted by Crippen LogP contribution is 2.36. The molecule has 0 bridgehead atoms. The first-order valence-corrected chi connectivity index (χ1v) is 9.07. The highest BCUT2D eigenvalue weighted by Gasteiger charge is 2.30. The second-order valence-electron chi connectivity index (χ2n) is 7.71. The Kier molecular flexibility index (Phi) is 4.58. The van der Waals surface area contributed by atoms with E-state index >= 15 is 0 Å². The normalized spacial score (nSPS) is 17.8. The van der Waals surface area contributed by atoms with E-state index in [1.54, 1.807) is 0 Å². The fraction of sp³-hybridized carbons (Fsp3) is 0.455. The number of hydrogen-bond acceptors (Lipinski definition) is 2. The van der Waals surface area contributed by atoms with E-state index in [1.165, 1.54) is 39.3 Å². The number of aromatic nitrogens is 1. The minimum absolute atomic E-state index is 0.212. The Morgan fingerprint density at radius 2 is 1.75 bits per heavy atom. The monoisotopic (exact) mass is 320 g/mol. The molecule has 0 saturated heterocycles. The van der Waals surface area contributed by atoms with Gasteiger partial charge in [0.1, 0.15) is 0 Å². The van der Waals surface area contributed by atoms with Crippen molar-refractivity contribution in [1.82, 2.24) is 4.98 Å². The Bertz CT molecular complexity index is 759. The molecule has 0 fully saturated rings. The molecule has 0 aliphatic heterocycles. The van der Waals surface area contributed by atoms with Crippen LogP contribution in [0.4, 0.5) is 5.69 Å². The van der Waals surface area contributed by atoms with Gasteiger partial charge in [-0.15, -0.1) is 0 Å². The first kappa shape index (κ1) is 16.9. The summed E-state index contributed by atoms with van der Waals surface area (Å²) in [4.78, 5) is 9.84. The molecule has 24 heavy (non-hydrogen) atoms. The molecule has 0 unspecified atom stereocenters. The van der Waals surface area contributed by atoms with Crippen molar-refractivity contribution in [3.63, 3.8) is 0 Å². The molecule has 2 heteroatoms. The van der Waals surface area contributed by atoms with Gasteiger partial charge >= 0.3 is 0 Å². The zero-order valence-corrected chi connectivity index (χ0v) is 15.6. The maximum Gasteiger partial charge on any atom is 0.0697 e. The Labute approximate surface area is 146 Å². The van der Waals surface area contributed by atoms with E-state index in [-0.39, 0.29) is 5.41 Å². The number of hydrogen-bond donors (Lipinski definition) is 0. The number of rotatable bonds is 3. The Hall–Kier alpha value is -1.96. The summed E-state index contributed by atoms with van der Waals surface area (Å²) in [5.74, 6) is 0. The molecule has 1 aromatic carbocycles. The van der Waals surface area contributed by atoms with E-state index in [9.17, 15) is 0 Å². The third-order valence-corrected chi connectivity index (χ3v) is 4.91. The predicted octanol–water partition coefficient (Wildman–Crippen LogP) is 5.61. The van der Waals surface area contributed by atoms with Crippen molar-refractivity contribution in [2.45, 2.75) is 60.3 Å². The number of aliphatic imine (C=N–C) groups is 1. The van der Waals surface area contributed by atoms with Crippen LogP contribution in [0, 0.1) is 12.3 Å². The first-order valence-electron chi connectivity index (χ1n) is 9.07. The van der Waals surface area contributed by atoms with Crippen molar-refractivity contribution >= 4 is 11.4 Å². The van der Waals surface area contributed by atoms with Crippen molar-refractivity contribution < 1.29 is 0 Å². The lowest BCUT2D eigenvalue weighted by molar-refractivity contribution is 0.368. The molecule has 0 saturated carbocycles. The molecule has 3 rings (SSSR count). The van der Waals surface area contributed by atoms with Crippen LogP contribution in [-0.2, 0) is 19.3 Å². The van der Waals surface area contributed by atoms with E-state index in [4.69, 9.17) is 4.99 Å². The quantitative estimate of drug-likeness (QED) is 0.721. The number of fused-ring (bicyclic) bond motifs is 1. The van der Waals surface area contributed by atoms with Gasteiger partial charge in [0, 0.05) is 17.5 Å². The lowest BCUT2D eigenvalue weighted by Gasteiger charge is -2.31. The molecule has 1 aromatic heterocycles. The van der Waals surface area contributed by atoms with Gasteiger partial charge in [0.15, 0.2) is 0 Å². The zero-order chi connectivity index (χ0) is 17.3. The Balaban J connectivity index is 2.18. The maximum atomic E-state index is 5.21. The van der Waals surface area contributed by atoms with E-state index < -0.39 is 0 Å². The summed E-state index contributed by atoms with van der Waals surface area (Å²) < 4.78 is 0. The van der Waals surface area contributed by atoms with E-state index in [0.717, 1.165) is 25.7 Å². The summed E-state index contributed by atoms with van der Waals surface area (Å²) in [6, 6.07) is 8.79. The van der Waals surface area contributed by atoms with Crippen LogP contribution in [-0.4, -0.2) is 10.7 Å². The molecule has 0 radical (unpaired) electrons. The summed E-state index contributed by atoms with van der Waals surface area (Å²) in [5.41, 5.74) is 9.07.